The fourth-order valence-electron chi connectivity index (χ4n) is 3.54. The molecule has 0 radical (unpaired) electrons. The first-order valence-electron chi connectivity index (χ1n) is 10.1. The van der Waals surface area contributed by atoms with Crippen molar-refractivity contribution >= 4 is 17.3 Å². The summed E-state index contributed by atoms with van der Waals surface area (Å²) in [4.78, 5) is 12.9. The molecule has 0 spiro atoms. The van der Waals surface area contributed by atoms with Crippen LogP contribution in [0.1, 0.15) is 41.0 Å². The van der Waals surface area contributed by atoms with Crippen molar-refractivity contribution in [3.8, 4) is 16.2 Å². The Morgan fingerprint density at radius 2 is 1.59 bits per heavy atom. The molecule has 0 unspecified atom stereocenters. The van der Waals surface area contributed by atoms with Gasteiger partial charge in [0.05, 0.1) is 5.56 Å². The van der Waals surface area contributed by atoms with Crippen molar-refractivity contribution in [2.75, 3.05) is 6.61 Å². The highest BCUT2D eigenvalue weighted by Crippen LogP contribution is 2.38. The van der Waals surface area contributed by atoms with Gasteiger partial charge in [0.2, 0.25) is 0 Å². The Hall–Kier alpha value is -2.80. The lowest BCUT2D eigenvalue weighted by molar-refractivity contribution is -0.139. The second kappa shape index (κ2) is 8.98. The minimum atomic E-state index is -4.34. The molecule has 0 bridgehead atoms. The van der Waals surface area contributed by atoms with Crippen molar-refractivity contribution in [2.24, 2.45) is 0 Å². The van der Waals surface area contributed by atoms with Crippen LogP contribution in [0.2, 0.25) is 0 Å². The summed E-state index contributed by atoms with van der Waals surface area (Å²) >= 11 is 1.59. The molecule has 3 rings (SSSR count). The highest BCUT2D eigenvalue weighted by atomic mass is 32.1. The maximum atomic E-state index is 12.8. The van der Waals surface area contributed by atoms with E-state index in [0.29, 0.717) is 5.75 Å². The molecule has 0 saturated heterocycles. The summed E-state index contributed by atoms with van der Waals surface area (Å²) in [6.07, 6.45) is -3.58. The minimum Gasteiger partial charge on any atom is -0.482 e. The Morgan fingerprint density at radius 3 is 2.16 bits per heavy atom. The third kappa shape index (κ3) is 5.51. The Bertz CT molecular complexity index is 1110. The molecule has 170 valence electrons. The maximum absolute atomic E-state index is 12.8. The largest absolute Gasteiger partial charge is 0.482 e. The molecule has 0 fully saturated rings. The number of rotatable bonds is 7. The van der Waals surface area contributed by atoms with Crippen LogP contribution in [0.15, 0.2) is 48.5 Å². The molecule has 1 N–H and O–H groups in total. The molecular formula is C25H25F3O3S. The summed E-state index contributed by atoms with van der Waals surface area (Å²) in [5, 5.41) is 8.80. The van der Waals surface area contributed by atoms with Crippen LogP contribution < -0.4 is 4.74 Å². The van der Waals surface area contributed by atoms with E-state index in [4.69, 9.17) is 9.84 Å². The van der Waals surface area contributed by atoms with E-state index in [-0.39, 0.29) is 12.0 Å². The molecule has 0 amide bonds. The molecule has 0 aliphatic rings. The number of carboxylic acids is 1. The number of hydrogen-bond acceptors (Lipinski definition) is 3. The summed E-state index contributed by atoms with van der Waals surface area (Å²) < 4.78 is 43.8. The SMILES string of the molecule is Cc1cc(C(C)(C)Cc2sc(-c3ccc(C(F)(F)F)cc3)cc2C)ccc1OCC(=O)O. The van der Waals surface area contributed by atoms with Crippen LogP contribution in [0.5, 0.6) is 5.75 Å². The number of halogens is 3. The quantitative estimate of drug-likeness (QED) is 0.410. The summed E-state index contributed by atoms with van der Waals surface area (Å²) in [6.45, 7) is 7.79. The first-order chi connectivity index (χ1) is 14.9. The van der Waals surface area contributed by atoms with Crippen LogP contribution in [-0.2, 0) is 22.8 Å². The third-order valence-corrected chi connectivity index (χ3v) is 6.71. The molecule has 2 aromatic carbocycles. The van der Waals surface area contributed by atoms with E-state index in [1.807, 2.05) is 32.0 Å². The zero-order valence-corrected chi connectivity index (χ0v) is 19.2. The number of thiophene rings is 1. The lowest BCUT2D eigenvalue weighted by Crippen LogP contribution is -2.20. The van der Waals surface area contributed by atoms with Gasteiger partial charge in [0.15, 0.2) is 6.61 Å². The van der Waals surface area contributed by atoms with E-state index in [0.717, 1.165) is 45.7 Å². The highest BCUT2D eigenvalue weighted by molar-refractivity contribution is 7.15. The normalized spacial score (nSPS) is 12.1. The van der Waals surface area contributed by atoms with Crippen LogP contribution in [0.25, 0.3) is 10.4 Å². The fraction of sp³-hybridized carbons (Fsp3) is 0.320. The molecule has 0 aliphatic carbocycles. The van der Waals surface area contributed by atoms with Gasteiger partial charge in [-0.2, -0.15) is 13.2 Å². The topological polar surface area (TPSA) is 46.5 Å². The zero-order valence-electron chi connectivity index (χ0n) is 18.3. The Morgan fingerprint density at radius 1 is 0.969 bits per heavy atom. The predicted octanol–water partition coefficient (Wildman–Crippen LogP) is 7.03. The van der Waals surface area contributed by atoms with E-state index in [1.165, 1.54) is 17.0 Å². The number of benzene rings is 2. The van der Waals surface area contributed by atoms with Gasteiger partial charge in [-0.1, -0.05) is 38.1 Å². The summed E-state index contributed by atoms with van der Waals surface area (Å²) in [5.74, 6) is -0.477. The molecule has 1 heterocycles. The summed E-state index contributed by atoms with van der Waals surface area (Å²) in [5.41, 5.74) is 2.99. The van der Waals surface area contributed by atoms with Gasteiger partial charge in [-0.15, -0.1) is 11.3 Å². The Balaban J connectivity index is 1.80. The number of carboxylic acid groups (broad SMARTS) is 1. The molecule has 7 heteroatoms. The van der Waals surface area contributed by atoms with Crippen molar-refractivity contribution in [3.63, 3.8) is 0 Å². The number of aliphatic carboxylic acids is 1. The van der Waals surface area contributed by atoms with Gasteiger partial charge < -0.3 is 9.84 Å². The Kier molecular flexibility index (Phi) is 6.69. The van der Waals surface area contributed by atoms with Crippen LogP contribution in [0.3, 0.4) is 0 Å². The molecule has 0 atom stereocenters. The second-order valence-corrected chi connectivity index (χ2v) is 9.65. The standard InChI is InChI=1S/C25H25F3O3S/c1-15-11-19(9-10-20(15)31-14-23(29)30)24(3,4)13-22-16(2)12-21(32-22)17-5-7-18(8-6-17)25(26,27)28/h5-12H,13-14H2,1-4H3,(H,29,30). The van der Waals surface area contributed by atoms with E-state index >= 15 is 0 Å². The van der Waals surface area contributed by atoms with Gasteiger partial charge in [0.1, 0.15) is 5.75 Å². The van der Waals surface area contributed by atoms with Crippen molar-refractivity contribution in [2.45, 2.75) is 45.7 Å². The smallest absolute Gasteiger partial charge is 0.416 e. The van der Waals surface area contributed by atoms with Gasteiger partial charge in [-0.3, -0.25) is 0 Å². The molecule has 3 aromatic rings. The van der Waals surface area contributed by atoms with Gasteiger partial charge >= 0.3 is 12.1 Å². The molecule has 0 aliphatic heterocycles. The summed E-state index contributed by atoms with van der Waals surface area (Å²) in [6, 6.07) is 13.0. The first-order valence-corrected chi connectivity index (χ1v) is 10.9. The van der Waals surface area contributed by atoms with Gasteiger partial charge in [0, 0.05) is 9.75 Å². The Labute approximate surface area is 189 Å². The van der Waals surface area contributed by atoms with Crippen LogP contribution in [0, 0.1) is 13.8 Å². The van der Waals surface area contributed by atoms with Crippen molar-refractivity contribution in [3.05, 3.63) is 75.7 Å². The highest BCUT2D eigenvalue weighted by Gasteiger charge is 2.30. The molecular weight excluding hydrogens is 437 g/mol. The van der Waals surface area contributed by atoms with E-state index in [2.05, 4.69) is 13.8 Å². The van der Waals surface area contributed by atoms with Crippen LogP contribution in [0.4, 0.5) is 13.2 Å². The lowest BCUT2D eigenvalue weighted by atomic mass is 9.80. The average molecular weight is 463 g/mol. The number of hydrogen-bond donors (Lipinski definition) is 1. The monoisotopic (exact) mass is 462 g/mol. The number of aryl methyl sites for hydroxylation is 2. The first kappa shape index (κ1) is 23.9. The second-order valence-electron chi connectivity index (χ2n) is 8.52. The molecule has 3 nitrogen and oxygen atoms in total. The zero-order chi connectivity index (χ0) is 23.7. The van der Waals surface area contributed by atoms with Crippen LogP contribution >= 0.6 is 11.3 Å². The average Bonchev–Trinajstić information content (AvgIpc) is 3.06. The molecule has 0 saturated carbocycles. The van der Waals surface area contributed by atoms with Gasteiger partial charge in [-0.05, 0) is 72.2 Å². The van der Waals surface area contributed by atoms with Crippen molar-refractivity contribution < 1.29 is 27.8 Å². The number of carbonyl (C=O) groups is 1. The molecule has 1 aromatic heterocycles. The molecule has 32 heavy (non-hydrogen) atoms. The third-order valence-electron chi connectivity index (χ3n) is 5.43. The van der Waals surface area contributed by atoms with E-state index in [9.17, 15) is 18.0 Å². The van der Waals surface area contributed by atoms with Gasteiger partial charge in [0.25, 0.3) is 0 Å². The minimum absolute atomic E-state index is 0.205. The van der Waals surface area contributed by atoms with Crippen LogP contribution in [-0.4, -0.2) is 17.7 Å². The summed E-state index contributed by atoms with van der Waals surface area (Å²) in [7, 11) is 0. The number of ether oxygens (including phenoxy) is 1. The maximum Gasteiger partial charge on any atom is 0.416 e. The van der Waals surface area contributed by atoms with E-state index in [1.54, 1.807) is 17.4 Å². The van der Waals surface area contributed by atoms with Crippen molar-refractivity contribution in [1.29, 1.82) is 0 Å². The fourth-order valence-corrected chi connectivity index (χ4v) is 4.94. The lowest BCUT2D eigenvalue weighted by Gasteiger charge is -2.26. The predicted molar refractivity (Wildman–Crippen MR) is 121 cm³/mol. The van der Waals surface area contributed by atoms with Crippen molar-refractivity contribution in [1.82, 2.24) is 0 Å². The van der Waals surface area contributed by atoms with E-state index < -0.39 is 17.7 Å². The number of alkyl halides is 3. The van der Waals surface area contributed by atoms with Gasteiger partial charge in [-0.25, -0.2) is 4.79 Å².